The molecule has 2 nitrogen and oxygen atoms in total. The highest BCUT2D eigenvalue weighted by atomic mass is 16.5. The fraction of sp³-hybridized carbons (Fsp3) is 0.684. The number of aliphatic hydroxyl groups is 1. The lowest BCUT2D eigenvalue weighted by Crippen LogP contribution is -2.54. The third-order valence-corrected chi connectivity index (χ3v) is 5.48. The summed E-state index contributed by atoms with van der Waals surface area (Å²) in [6.45, 7) is 8.83. The maximum absolute atomic E-state index is 10.6. The molecule has 0 aromatic heterocycles. The van der Waals surface area contributed by atoms with Crippen LogP contribution in [0.1, 0.15) is 53.4 Å². The third-order valence-electron chi connectivity index (χ3n) is 5.48. The second kappa shape index (κ2) is 5.31. The predicted octanol–water partition coefficient (Wildman–Crippen LogP) is 4.93. The summed E-state index contributed by atoms with van der Waals surface area (Å²) in [4.78, 5) is 0. The number of fused-ring (bicyclic) bond motifs is 3. The van der Waals surface area contributed by atoms with Crippen molar-refractivity contribution < 1.29 is 9.84 Å². The molecule has 3 aliphatic rings. The van der Waals surface area contributed by atoms with E-state index >= 15 is 0 Å². The van der Waals surface area contributed by atoms with Gasteiger partial charge in [0, 0.05) is 0 Å². The van der Waals surface area contributed by atoms with E-state index in [0.29, 0.717) is 17.6 Å². The van der Waals surface area contributed by atoms with Crippen molar-refractivity contribution in [3.63, 3.8) is 0 Å². The quantitative estimate of drug-likeness (QED) is 0.730. The first-order chi connectivity index (χ1) is 9.92. The molecule has 1 saturated heterocycles. The topological polar surface area (TPSA) is 29.5 Å². The molecule has 0 aromatic carbocycles. The SMILES string of the molecule is CCCC1=CC2OC(C)(C)C3CCC(C)=C[C@H]3C2C(O)=C1. The third kappa shape index (κ3) is 2.59. The molecule has 1 fully saturated rings. The first-order valence-electron chi connectivity index (χ1n) is 8.38. The van der Waals surface area contributed by atoms with Crippen molar-refractivity contribution in [2.75, 3.05) is 0 Å². The van der Waals surface area contributed by atoms with Crippen LogP contribution in [0.15, 0.2) is 35.1 Å². The molecule has 0 saturated carbocycles. The highest BCUT2D eigenvalue weighted by molar-refractivity contribution is 5.33. The maximum Gasteiger partial charge on any atom is 0.0991 e. The zero-order chi connectivity index (χ0) is 15.2. The van der Waals surface area contributed by atoms with Crippen LogP contribution < -0.4 is 0 Å². The Morgan fingerprint density at radius 3 is 2.81 bits per heavy atom. The summed E-state index contributed by atoms with van der Waals surface area (Å²) in [6.07, 6.45) is 11.1. The molecule has 1 N–H and O–H groups in total. The van der Waals surface area contributed by atoms with E-state index in [2.05, 4.69) is 39.8 Å². The van der Waals surface area contributed by atoms with E-state index in [-0.39, 0.29) is 17.6 Å². The lowest BCUT2D eigenvalue weighted by Gasteiger charge is -2.52. The Bertz CT molecular complexity index is 510. The summed E-state index contributed by atoms with van der Waals surface area (Å²) < 4.78 is 6.42. The van der Waals surface area contributed by atoms with Crippen LogP contribution in [0, 0.1) is 17.8 Å². The van der Waals surface area contributed by atoms with E-state index < -0.39 is 0 Å². The first-order valence-corrected chi connectivity index (χ1v) is 8.38. The molecular weight excluding hydrogens is 260 g/mol. The molecule has 116 valence electrons. The van der Waals surface area contributed by atoms with E-state index in [0.717, 1.165) is 19.3 Å². The van der Waals surface area contributed by atoms with Crippen LogP contribution in [0.3, 0.4) is 0 Å². The van der Waals surface area contributed by atoms with Gasteiger partial charge in [-0.2, -0.15) is 0 Å². The van der Waals surface area contributed by atoms with Crippen molar-refractivity contribution in [3.8, 4) is 0 Å². The molecule has 2 aliphatic carbocycles. The molecule has 0 aromatic rings. The van der Waals surface area contributed by atoms with Gasteiger partial charge in [0.2, 0.25) is 0 Å². The Hall–Kier alpha value is -1.02. The van der Waals surface area contributed by atoms with Gasteiger partial charge >= 0.3 is 0 Å². The maximum atomic E-state index is 10.6. The molecule has 0 spiro atoms. The van der Waals surface area contributed by atoms with Gasteiger partial charge in [0.25, 0.3) is 0 Å². The van der Waals surface area contributed by atoms with Crippen molar-refractivity contribution in [3.05, 3.63) is 35.1 Å². The molecule has 1 aliphatic heterocycles. The van der Waals surface area contributed by atoms with Gasteiger partial charge in [-0.05, 0) is 63.5 Å². The van der Waals surface area contributed by atoms with Gasteiger partial charge in [0.1, 0.15) is 0 Å². The molecule has 0 bridgehead atoms. The van der Waals surface area contributed by atoms with Gasteiger partial charge < -0.3 is 9.84 Å². The zero-order valence-corrected chi connectivity index (χ0v) is 13.7. The highest BCUT2D eigenvalue weighted by Crippen LogP contribution is 2.51. The van der Waals surface area contributed by atoms with E-state index in [9.17, 15) is 5.11 Å². The van der Waals surface area contributed by atoms with E-state index in [1.807, 2.05) is 6.08 Å². The van der Waals surface area contributed by atoms with Crippen LogP contribution in [0.2, 0.25) is 0 Å². The van der Waals surface area contributed by atoms with E-state index in [1.165, 1.54) is 17.6 Å². The smallest absolute Gasteiger partial charge is 0.0991 e. The lowest BCUT2D eigenvalue weighted by molar-refractivity contribution is -0.170. The normalized spacial score (nSPS) is 37.8. The average molecular weight is 288 g/mol. The molecular formula is C19H28O2. The Balaban J connectivity index is 1.97. The molecule has 4 atom stereocenters. The summed E-state index contributed by atoms with van der Waals surface area (Å²) in [5.41, 5.74) is 2.57. The average Bonchev–Trinajstić information content (AvgIpc) is 2.37. The lowest BCUT2D eigenvalue weighted by atomic mass is 9.63. The van der Waals surface area contributed by atoms with Crippen LogP contribution in [0.4, 0.5) is 0 Å². The van der Waals surface area contributed by atoms with Crippen LogP contribution in [0.25, 0.3) is 0 Å². The van der Waals surface area contributed by atoms with Crippen molar-refractivity contribution in [1.29, 1.82) is 0 Å². The second-order valence-corrected chi connectivity index (χ2v) is 7.51. The number of rotatable bonds is 2. The summed E-state index contributed by atoms with van der Waals surface area (Å²) >= 11 is 0. The Morgan fingerprint density at radius 2 is 2.10 bits per heavy atom. The largest absolute Gasteiger partial charge is 0.512 e. The molecule has 3 unspecified atom stereocenters. The van der Waals surface area contributed by atoms with Crippen molar-refractivity contribution >= 4 is 0 Å². The number of hydrogen-bond donors (Lipinski definition) is 1. The van der Waals surface area contributed by atoms with Crippen LogP contribution >= 0.6 is 0 Å². The minimum absolute atomic E-state index is 0.0231. The minimum atomic E-state index is -0.117. The van der Waals surface area contributed by atoms with Gasteiger partial charge in [-0.15, -0.1) is 0 Å². The number of allylic oxidation sites excluding steroid dienone is 4. The fourth-order valence-electron chi connectivity index (χ4n) is 4.49. The highest BCUT2D eigenvalue weighted by Gasteiger charge is 2.51. The monoisotopic (exact) mass is 288 g/mol. The van der Waals surface area contributed by atoms with Crippen molar-refractivity contribution in [2.45, 2.75) is 65.1 Å². The Morgan fingerprint density at radius 1 is 1.33 bits per heavy atom. The number of hydrogen-bond acceptors (Lipinski definition) is 2. The molecule has 21 heavy (non-hydrogen) atoms. The van der Waals surface area contributed by atoms with E-state index in [4.69, 9.17) is 4.74 Å². The minimum Gasteiger partial charge on any atom is -0.512 e. The molecule has 0 radical (unpaired) electrons. The molecule has 2 heteroatoms. The number of aliphatic hydroxyl groups excluding tert-OH is 1. The molecule has 1 heterocycles. The van der Waals surface area contributed by atoms with Crippen molar-refractivity contribution in [2.24, 2.45) is 17.8 Å². The van der Waals surface area contributed by atoms with Gasteiger partial charge in [-0.1, -0.05) is 31.1 Å². The van der Waals surface area contributed by atoms with Crippen molar-refractivity contribution in [1.82, 2.24) is 0 Å². The van der Waals surface area contributed by atoms with Crippen LogP contribution in [-0.4, -0.2) is 16.8 Å². The summed E-state index contributed by atoms with van der Waals surface area (Å²) in [5, 5.41) is 10.6. The molecule has 3 rings (SSSR count). The summed E-state index contributed by atoms with van der Waals surface area (Å²) in [7, 11) is 0. The summed E-state index contributed by atoms with van der Waals surface area (Å²) in [6, 6.07) is 0. The predicted molar refractivity (Wildman–Crippen MR) is 86.1 cm³/mol. The Labute approximate surface area is 128 Å². The van der Waals surface area contributed by atoms with Gasteiger partial charge in [0.15, 0.2) is 0 Å². The molecule has 0 amide bonds. The second-order valence-electron chi connectivity index (χ2n) is 7.51. The van der Waals surface area contributed by atoms with Gasteiger partial charge in [-0.25, -0.2) is 0 Å². The van der Waals surface area contributed by atoms with Gasteiger partial charge in [0.05, 0.1) is 23.4 Å². The van der Waals surface area contributed by atoms with Gasteiger partial charge in [-0.3, -0.25) is 0 Å². The fourth-order valence-corrected chi connectivity index (χ4v) is 4.49. The van der Waals surface area contributed by atoms with Crippen LogP contribution in [-0.2, 0) is 4.74 Å². The Kier molecular flexibility index (Phi) is 3.77. The number of ether oxygens (including phenoxy) is 1. The van der Waals surface area contributed by atoms with Crippen LogP contribution in [0.5, 0.6) is 0 Å². The first kappa shape index (κ1) is 14.9. The summed E-state index contributed by atoms with van der Waals surface area (Å²) in [5.74, 6) is 1.54. The standard InChI is InChI=1S/C19H28O2/c1-5-6-13-10-16(20)18-14-9-12(2)7-8-15(14)19(3,4)21-17(18)11-13/h9-11,14-15,17-18,20H,5-8H2,1-4H3/t14-,15?,17?,18?/m1/s1. The van der Waals surface area contributed by atoms with E-state index in [1.54, 1.807) is 0 Å². The zero-order valence-electron chi connectivity index (χ0n) is 13.7.